The van der Waals surface area contributed by atoms with Crippen LogP contribution in [-0.4, -0.2) is 51.0 Å². The van der Waals surface area contributed by atoms with E-state index in [4.69, 9.17) is 11.6 Å². The van der Waals surface area contributed by atoms with E-state index in [-0.39, 0.29) is 12.5 Å². The quantitative estimate of drug-likeness (QED) is 0.584. The van der Waals surface area contributed by atoms with Gasteiger partial charge in [0, 0.05) is 23.1 Å². The minimum Gasteiger partial charge on any atom is -0.357 e. The molecule has 30 heavy (non-hydrogen) atoms. The van der Waals surface area contributed by atoms with Crippen molar-refractivity contribution in [3.63, 3.8) is 0 Å². The highest BCUT2D eigenvalue weighted by Gasteiger charge is 2.30. The first-order valence-electron chi connectivity index (χ1n) is 9.02. The number of carbonyl (C=O) groups is 2. The molecule has 0 saturated carbocycles. The first-order valence-corrected chi connectivity index (χ1v) is 12.0. The molecule has 2 aromatic rings. The lowest BCUT2D eigenvalue weighted by molar-refractivity contribution is -0.139. The smallest absolute Gasteiger partial charge is 0.244 e. The number of benzene rings is 2. The fourth-order valence-electron chi connectivity index (χ4n) is 2.82. The molecule has 7 nitrogen and oxygen atoms in total. The number of amides is 2. The number of halogens is 2. The van der Waals surface area contributed by atoms with Crippen LogP contribution in [0.3, 0.4) is 0 Å². The molecular weight excluding hydrogens is 494 g/mol. The Morgan fingerprint density at radius 1 is 1.13 bits per heavy atom. The second-order valence-corrected chi connectivity index (χ2v) is 9.88. The number of hydrogen-bond donors (Lipinski definition) is 1. The van der Waals surface area contributed by atoms with Gasteiger partial charge in [0.15, 0.2) is 0 Å². The molecule has 0 saturated heterocycles. The molecular formula is C20H23BrClN3O4S. The van der Waals surface area contributed by atoms with E-state index < -0.39 is 28.5 Å². The van der Waals surface area contributed by atoms with Crippen molar-refractivity contribution < 1.29 is 18.0 Å². The molecule has 0 bridgehead atoms. The Bertz CT molecular complexity index is 1010. The van der Waals surface area contributed by atoms with Crippen molar-refractivity contribution in [2.24, 2.45) is 0 Å². The molecule has 162 valence electrons. The van der Waals surface area contributed by atoms with Crippen LogP contribution in [0.25, 0.3) is 0 Å². The van der Waals surface area contributed by atoms with Gasteiger partial charge in [0.2, 0.25) is 21.8 Å². The normalized spacial score (nSPS) is 12.2. The number of carbonyl (C=O) groups excluding carboxylic acids is 2. The summed E-state index contributed by atoms with van der Waals surface area (Å²) < 4.78 is 26.6. The van der Waals surface area contributed by atoms with Gasteiger partial charge in [-0.15, -0.1) is 0 Å². The summed E-state index contributed by atoms with van der Waals surface area (Å²) >= 11 is 9.54. The summed E-state index contributed by atoms with van der Waals surface area (Å²) in [4.78, 5) is 26.8. The first kappa shape index (κ1) is 24.2. The molecule has 10 heteroatoms. The van der Waals surface area contributed by atoms with E-state index in [1.54, 1.807) is 55.5 Å². The SMILES string of the molecule is CNC(=O)[C@H](C)N(Cc1ccccc1Cl)C(=O)CN(c1ccc(Br)cc1)S(C)(=O)=O. The van der Waals surface area contributed by atoms with E-state index in [0.29, 0.717) is 16.3 Å². The molecule has 0 aromatic heterocycles. The summed E-state index contributed by atoms with van der Waals surface area (Å²) in [5.74, 6) is -0.899. The molecule has 0 aliphatic rings. The first-order chi connectivity index (χ1) is 14.0. The molecule has 0 aliphatic carbocycles. The molecule has 2 rings (SSSR count). The highest BCUT2D eigenvalue weighted by atomic mass is 79.9. The summed E-state index contributed by atoms with van der Waals surface area (Å²) in [6.07, 6.45) is 1.03. The van der Waals surface area contributed by atoms with Gasteiger partial charge in [-0.05, 0) is 42.8 Å². The lowest BCUT2D eigenvalue weighted by Gasteiger charge is -2.31. The second-order valence-electron chi connectivity index (χ2n) is 6.65. The third kappa shape index (κ3) is 6.20. The summed E-state index contributed by atoms with van der Waals surface area (Å²) in [5, 5.41) is 2.97. The summed E-state index contributed by atoms with van der Waals surface area (Å²) in [6, 6.07) is 12.7. The van der Waals surface area contributed by atoms with Gasteiger partial charge in [-0.1, -0.05) is 45.7 Å². The van der Waals surface area contributed by atoms with Gasteiger partial charge < -0.3 is 10.2 Å². The summed E-state index contributed by atoms with van der Waals surface area (Å²) in [7, 11) is -2.27. The van der Waals surface area contributed by atoms with Gasteiger partial charge in [-0.3, -0.25) is 13.9 Å². The highest BCUT2D eigenvalue weighted by Crippen LogP contribution is 2.23. The molecule has 0 radical (unpaired) electrons. The molecule has 0 spiro atoms. The van der Waals surface area contributed by atoms with Gasteiger partial charge in [0.25, 0.3) is 0 Å². The Labute approximate surface area is 190 Å². The monoisotopic (exact) mass is 515 g/mol. The average Bonchev–Trinajstić information content (AvgIpc) is 2.70. The van der Waals surface area contributed by atoms with Crippen molar-refractivity contribution in [3.05, 3.63) is 63.6 Å². The van der Waals surface area contributed by atoms with Gasteiger partial charge in [0.1, 0.15) is 12.6 Å². The molecule has 2 aromatic carbocycles. The number of nitrogens with one attached hydrogen (secondary N) is 1. The number of nitrogens with zero attached hydrogens (tertiary/aromatic N) is 2. The Morgan fingerprint density at radius 3 is 2.27 bits per heavy atom. The van der Waals surface area contributed by atoms with E-state index in [1.165, 1.54) is 11.9 Å². The van der Waals surface area contributed by atoms with Crippen LogP contribution < -0.4 is 9.62 Å². The minimum atomic E-state index is -3.75. The molecule has 0 aliphatic heterocycles. The molecule has 2 amide bonds. The summed E-state index contributed by atoms with van der Waals surface area (Å²) in [6.45, 7) is 1.19. The third-order valence-electron chi connectivity index (χ3n) is 4.51. The van der Waals surface area contributed by atoms with E-state index in [9.17, 15) is 18.0 Å². The second kappa shape index (κ2) is 10.3. The minimum absolute atomic E-state index is 0.0605. The van der Waals surface area contributed by atoms with Crippen LogP contribution in [0.1, 0.15) is 12.5 Å². The maximum Gasteiger partial charge on any atom is 0.244 e. The predicted octanol–water partition coefficient (Wildman–Crippen LogP) is 3.03. The standard InChI is InChI=1S/C20H23BrClN3O4S/c1-14(20(27)23-2)24(12-15-6-4-5-7-18(15)22)19(26)13-25(30(3,28)29)17-10-8-16(21)9-11-17/h4-11,14H,12-13H2,1-3H3,(H,23,27)/t14-/m0/s1. The van der Waals surface area contributed by atoms with Crippen molar-refractivity contribution in [3.8, 4) is 0 Å². The predicted molar refractivity (Wildman–Crippen MR) is 122 cm³/mol. The number of hydrogen-bond acceptors (Lipinski definition) is 4. The zero-order valence-corrected chi connectivity index (χ0v) is 20.0. The number of likely N-dealkylation sites (N-methyl/N-ethyl adjacent to an activating group) is 1. The van der Waals surface area contributed by atoms with Crippen LogP contribution in [0.4, 0.5) is 5.69 Å². The molecule has 0 unspecified atom stereocenters. The third-order valence-corrected chi connectivity index (χ3v) is 6.54. The zero-order chi connectivity index (χ0) is 22.5. The zero-order valence-electron chi connectivity index (χ0n) is 16.8. The van der Waals surface area contributed by atoms with Crippen molar-refractivity contribution >= 4 is 55.1 Å². The molecule has 1 atom stereocenters. The van der Waals surface area contributed by atoms with E-state index in [2.05, 4.69) is 21.2 Å². The van der Waals surface area contributed by atoms with Gasteiger partial charge in [-0.2, -0.15) is 0 Å². The Morgan fingerprint density at radius 2 is 1.73 bits per heavy atom. The largest absolute Gasteiger partial charge is 0.357 e. The van der Waals surface area contributed by atoms with Crippen LogP contribution in [0.15, 0.2) is 53.0 Å². The van der Waals surface area contributed by atoms with Crippen LogP contribution >= 0.6 is 27.5 Å². The topological polar surface area (TPSA) is 86.8 Å². The van der Waals surface area contributed by atoms with Crippen LogP contribution in [0.5, 0.6) is 0 Å². The summed E-state index contributed by atoms with van der Waals surface area (Å²) in [5.41, 5.74) is 0.997. The lowest BCUT2D eigenvalue weighted by atomic mass is 10.1. The molecule has 0 heterocycles. The van der Waals surface area contributed by atoms with Crippen LogP contribution in [0, 0.1) is 0 Å². The van der Waals surface area contributed by atoms with Gasteiger partial charge >= 0.3 is 0 Å². The van der Waals surface area contributed by atoms with Gasteiger partial charge in [0.05, 0.1) is 11.9 Å². The number of anilines is 1. The van der Waals surface area contributed by atoms with Crippen molar-refractivity contribution in [2.45, 2.75) is 19.5 Å². The Kier molecular flexibility index (Phi) is 8.28. The number of sulfonamides is 1. The lowest BCUT2D eigenvalue weighted by Crippen LogP contribution is -2.50. The van der Waals surface area contributed by atoms with Crippen molar-refractivity contribution in [1.29, 1.82) is 0 Å². The maximum atomic E-state index is 13.2. The van der Waals surface area contributed by atoms with E-state index >= 15 is 0 Å². The van der Waals surface area contributed by atoms with Crippen molar-refractivity contribution in [1.82, 2.24) is 10.2 Å². The van der Waals surface area contributed by atoms with E-state index in [1.807, 2.05) is 0 Å². The van der Waals surface area contributed by atoms with Crippen LogP contribution in [-0.2, 0) is 26.2 Å². The molecule has 1 N–H and O–H groups in total. The highest BCUT2D eigenvalue weighted by molar-refractivity contribution is 9.10. The van der Waals surface area contributed by atoms with Crippen LogP contribution in [0.2, 0.25) is 5.02 Å². The number of rotatable bonds is 8. The Balaban J connectivity index is 2.38. The van der Waals surface area contributed by atoms with Crippen molar-refractivity contribution in [2.75, 3.05) is 24.2 Å². The molecule has 0 fully saturated rings. The van der Waals surface area contributed by atoms with Gasteiger partial charge in [-0.25, -0.2) is 8.42 Å². The maximum absolute atomic E-state index is 13.2. The fraction of sp³-hybridized carbons (Fsp3) is 0.300. The van der Waals surface area contributed by atoms with E-state index in [0.717, 1.165) is 15.0 Å². The average molecular weight is 517 g/mol. The fourth-order valence-corrected chi connectivity index (χ4v) is 4.13. The Hall–Kier alpha value is -2.10.